The van der Waals surface area contributed by atoms with Crippen LogP contribution in [-0.4, -0.2) is 27.7 Å². The zero-order valence-electron chi connectivity index (χ0n) is 17.0. The molecule has 1 amide bonds. The fourth-order valence-electron chi connectivity index (χ4n) is 4.18. The Hall–Kier alpha value is -3.28. The van der Waals surface area contributed by atoms with Gasteiger partial charge in [-0.25, -0.2) is 9.37 Å². The van der Waals surface area contributed by atoms with E-state index in [2.05, 4.69) is 22.4 Å². The molecular formula is C24H23FN4O. The van der Waals surface area contributed by atoms with Crippen molar-refractivity contribution >= 4 is 11.6 Å². The number of hydrogen-bond donors (Lipinski definition) is 1. The van der Waals surface area contributed by atoms with Crippen molar-refractivity contribution in [2.45, 2.75) is 38.6 Å². The van der Waals surface area contributed by atoms with Crippen molar-refractivity contribution < 1.29 is 9.18 Å². The van der Waals surface area contributed by atoms with Crippen LogP contribution >= 0.6 is 0 Å². The molecule has 3 aromatic rings. The number of imidazole rings is 1. The van der Waals surface area contributed by atoms with Gasteiger partial charge in [0.2, 0.25) is 0 Å². The Balaban J connectivity index is 1.76. The first-order valence-electron chi connectivity index (χ1n) is 10.4. The number of hydrogen-bond acceptors (Lipinski definition) is 3. The van der Waals surface area contributed by atoms with Gasteiger partial charge in [-0.2, -0.15) is 0 Å². The van der Waals surface area contributed by atoms with Crippen molar-refractivity contribution in [1.29, 1.82) is 0 Å². The van der Waals surface area contributed by atoms with Crippen LogP contribution < -0.4 is 5.32 Å². The van der Waals surface area contributed by atoms with E-state index in [4.69, 9.17) is 4.99 Å². The first kappa shape index (κ1) is 18.7. The SMILES string of the molecule is CCNC(=O)c1ncn2c1[C@@H](C)N=C(c1ccccc1F)c1cc(C3CC3)ccc1-2. The van der Waals surface area contributed by atoms with Crippen LogP contribution in [0.15, 0.2) is 53.8 Å². The van der Waals surface area contributed by atoms with E-state index in [-0.39, 0.29) is 17.8 Å². The number of amides is 1. The Morgan fingerprint density at radius 3 is 2.73 bits per heavy atom. The minimum absolute atomic E-state index is 0.223. The number of carbonyl (C=O) groups excluding carboxylic acids is 1. The van der Waals surface area contributed by atoms with Gasteiger partial charge in [-0.1, -0.05) is 18.2 Å². The molecule has 0 bridgehead atoms. The number of carbonyl (C=O) groups is 1. The summed E-state index contributed by atoms with van der Waals surface area (Å²) in [5.41, 5.74) is 5.14. The van der Waals surface area contributed by atoms with E-state index in [1.54, 1.807) is 18.5 Å². The minimum Gasteiger partial charge on any atom is -0.351 e. The molecular weight excluding hydrogens is 379 g/mol. The first-order valence-corrected chi connectivity index (χ1v) is 10.4. The molecule has 1 aromatic heterocycles. The highest BCUT2D eigenvalue weighted by molar-refractivity contribution is 6.15. The maximum atomic E-state index is 14.8. The molecule has 5 rings (SSSR count). The third kappa shape index (κ3) is 3.03. The number of aromatic nitrogens is 2. The molecule has 0 radical (unpaired) electrons. The second kappa shape index (κ2) is 7.20. The number of rotatable bonds is 4. The maximum absolute atomic E-state index is 14.8. The lowest BCUT2D eigenvalue weighted by molar-refractivity contribution is 0.0950. The van der Waals surface area contributed by atoms with Crippen molar-refractivity contribution in [3.05, 3.63) is 82.7 Å². The first-order chi connectivity index (χ1) is 14.6. The van der Waals surface area contributed by atoms with Gasteiger partial charge in [0.15, 0.2) is 5.69 Å². The zero-order chi connectivity index (χ0) is 20.8. The van der Waals surface area contributed by atoms with Crippen molar-refractivity contribution in [3.8, 4) is 5.69 Å². The highest BCUT2D eigenvalue weighted by atomic mass is 19.1. The largest absolute Gasteiger partial charge is 0.351 e. The smallest absolute Gasteiger partial charge is 0.271 e. The van der Waals surface area contributed by atoms with Gasteiger partial charge < -0.3 is 5.32 Å². The molecule has 6 heteroatoms. The summed E-state index contributed by atoms with van der Waals surface area (Å²) >= 11 is 0. The molecule has 2 aliphatic rings. The Kier molecular flexibility index (Phi) is 4.50. The number of benzene rings is 2. The zero-order valence-corrected chi connectivity index (χ0v) is 17.0. The van der Waals surface area contributed by atoms with Crippen molar-refractivity contribution in [2.75, 3.05) is 6.54 Å². The van der Waals surface area contributed by atoms with E-state index >= 15 is 0 Å². The highest BCUT2D eigenvalue weighted by Crippen LogP contribution is 2.42. The van der Waals surface area contributed by atoms with Crippen LogP contribution in [0.2, 0.25) is 0 Å². The molecule has 5 nitrogen and oxygen atoms in total. The standard InChI is InChI=1S/C24H23FN4O/c1-3-26-24(30)22-23-14(2)28-21(17-6-4-5-7-19(17)25)18-12-16(15-8-9-15)10-11-20(18)29(23)13-27-22/h4-7,10-15H,3,8-9H2,1-2H3,(H,26,30)/t14-/m1/s1. The summed E-state index contributed by atoms with van der Waals surface area (Å²) in [6.07, 6.45) is 4.03. The molecule has 152 valence electrons. The fourth-order valence-corrected chi connectivity index (χ4v) is 4.18. The summed E-state index contributed by atoms with van der Waals surface area (Å²) in [5, 5.41) is 2.82. The van der Waals surface area contributed by atoms with Gasteiger partial charge in [0.25, 0.3) is 5.91 Å². The predicted molar refractivity (Wildman–Crippen MR) is 114 cm³/mol. The van der Waals surface area contributed by atoms with Crippen LogP contribution in [0, 0.1) is 5.82 Å². The number of nitrogens with zero attached hydrogens (tertiary/aromatic N) is 3. The molecule has 0 saturated heterocycles. The lowest BCUT2D eigenvalue weighted by atomic mass is 9.96. The molecule has 0 unspecified atom stereocenters. The quantitative estimate of drug-likeness (QED) is 0.696. The van der Waals surface area contributed by atoms with E-state index in [0.717, 1.165) is 11.3 Å². The lowest BCUT2D eigenvalue weighted by Crippen LogP contribution is -2.24. The Morgan fingerprint density at radius 2 is 2.00 bits per heavy atom. The summed E-state index contributed by atoms with van der Waals surface area (Å²) in [5.74, 6) is 0.0321. The van der Waals surface area contributed by atoms with Gasteiger partial charge in [-0.3, -0.25) is 14.4 Å². The van der Waals surface area contributed by atoms with Gasteiger partial charge in [-0.05, 0) is 62.4 Å². The Labute approximate surface area is 174 Å². The van der Waals surface area contributed by atoms with Crippen LogP contribution in [0.4, 0.5) is 4.39 Å². The second-order valence-electron chi connectivity index (χ2n) is 7.89. The molecule has 1 N–H and O–H groups in total. The third-order valence-electron chi connectivity index (χ3n) is 5.79. The van der Waals surface area contributed by atoms with E-state index in [0.29, 0.717) is 35.1 Å². The molecule has 1 aliphatic heterocycles. The number of aliphatic imine (C=N–C) groups is 1. The molecule has 1 fully saturated rings. The fraction of sp³-hybridized carbons (Fsp3) is 0.292. The minimum atomic E-state index is -0.364. The topological polar surface area (TPSA) is 59.3 Å². The van der Waals surface area contributed by atoms with Crippen molar-refractivity contribution in [3.63, 3.8) is 0 Å². The number of halogens is 1. The Bertz CT molecular complexity index is 1180. The summed E-state index contributed by atoms with van der Waals surface area (Å²) < 4.78 is 16.7. The average molecular weight is 402 g/mol. The third-order valence-corrected chi connectivity index (χ3v) is 5.79. The summed E-state index contributed by atoms with van der Waals surface area (Å²) in [4.78, 5) is 21.9. The summed E-state index contributed by atoms with van der Waals surface area (Å²) in [7, 11) is 0. The van der Waals surface area contributed by atoms with E-state index < -0.39 is 0 Å². The molecule has 30 heavy (non-hydrogen) atoms. The molecule has 2 aromatic carbocycles. The van der Waals surface area contributed by atoms with Gasteiger partial charge >= 0.3 is 0 Å². The summed E-state index contributed by atoms with van der Waals surface area (Å²) in [6, 6.07) is 12.7. The normalized spacial score (nSPS) is 17.6. The van der Waals surface area contributed by atoms with Gasteiger partial charge in [-0.15, -0.1) is 0 Å². The van der Waals surface area contributed by atoms with Crippen LogP contribution in [0.5, 0.6) is 0 Å². The monoisotopic (exact) mass is 402 g/mol. The molecule has 0 spiro atoms. The van der Waals surface area contributed by atoms with Crippen LogP contribution in [0.3, 0.4) is 0 Å². The van der Waals surface area contributed by atoms with E-state index in [1.165, 1.54) is 24.5 Å². The lowest BCUT2D eigenvalue weighted by Gasteiger charge is -2.14. The van der Waals surface area contributed by atoms with E-state index in [1.807, 2.05) is 30.5 Å². The van der Waals surface area contributed by atoms with Gasteiger partial charge in [0, 0.05) is 17.7 Å². The maximum Gasteiger partial charge on any atom is 0.271 e. The highest BCUT2D eigenvalue weighted by Gasteiger charge is 2.31. The molecule has 1 aliphatic carbocycles. The summed E-state index contributed by atoms with van der Waals surface area (Å²) in [6.45, 7) is 4.31. The molecule has 2 heterocycles. The molecule has 1 atom stereocenters. The van der Waals surface area contributed by atoms with Crippen LogP contribution in [0.25, 0.3) is 5.69 Å². The van der Waals surface area contributed by atoms with Crippen molar-refractivity contribution in [2.24, 2.45) is 4.99 Å². The molecule has 1 saturated carbocycles. The number of fused-ring (bicyclic) bond motifs is 3. The van der Waals surface area contributed by atoms with Crippen LogP contribution in [-0.2, 0) is 0 Å². The van der Waals surface area contributed by atoms with Crippen LogP contribution in [0.1, 0.15) is 71.5 Å². The Morgan fingerprint density at radius 1 is 1.20 bits per heavy atom. The van der Waals surface area contributed by atoms with Gasteiger partial charge in [0.1, 0.15) is 12.1 Å². The average Bonchev–Trinajstić information content (AvgIpc) is 3.51. The van der Waals surface area contributed by atoms with Crippen molar-refractivity contribution in [1.82, 2.24) is 14.9 Å². The number of nitrogens with one attached hydrogen (secondary N) is 1. The van der Waals surface area contributed by atoms with Gasteiger partial charge in [0.05, 0.1) is 23.1 Å². The second-order valence-corrected chi connectivity index (χ2v) is 7.89. The predicted octanol–water partition coefficient (Wildman–Crippen LogP) is 4.55. The van der Waals surface area contributed by atoms with E-state index in [9.17, 15) is 9.18 Å².